The number of carbonyl (C=O) groups is 1. The van der Waals surface area contributed by atoms with Crippen molar-refractivity contribution in [1.29, 1.82) is 0 Å². The van der Waals surface area contributed by atoms with E-state index in [4.69, 9.17) is 25.0 Å². The molecule has 2 aromatic carbocycles. The van der Waals surface area contributed by atoms with Gasteiger partial charge < -0.3 is 15.0 Å². The number of benzene rings is 2. The Morgan fingerprint density at radius 3 is 2.44 bits per heavy atom. The van der Waals surface area contributed by atoms with E-state index in [2.05, 4.69) is 50.1 Å². The first-order valence-corrected chi connectivity index (χ1v) is 13.3. The highest BCUT2D eigenvalue weighted by molar-refractivity contribution is 5.90. The van der Waals surface area contributed by atoms with Crippen molar-refractivity contribution in [1.82, 2.24) is 30.1 Å². The number of aromatic nitrogens is 4. The van der Waals surface area contributed by atoms with Crippen LogP contribution in [-0.2, 0) is 11.3 Å². The summed E-state index contributed by atoms with van der Waals surface area (Å²) in [6.45, 7) is 5.80. The van der Waals surface area contributed by atoms with Gasteiger partial charge in [0.05, 0.1) is 30.8 Å². The fourth-order valence-electron chi connectivity index (χ4n) is 5.35. The van der Waals surface area contributed by atoms with Crippen LogP contribution in [0.1, 0.15) is 24.4 Å². The molecule has 202 valence electrons. The molecule has 0 radical (unpaired) electrons. The van der Waals surface area contributed by atoms with Gasteiger partial charge in [0, 0.05) is 44.0 Å². The predicted molar refractivity (Wildman–Crippen MR) is 148 cm³/mol. The highest BCUT2D eigenvalue weighted by Gasteiger charge is 2.26. The van der Waals surface area contributed by atoms with E-state index >= 15 is 0 Å². The molecule has 2 aliphatic rings. The van der Waals surface area contributed by atoms with E-state index in [1.807, 2.05) is 18.3 Å². The zero-order valence-corrected chi connectivity index (χ0v) is 21.7. The van der Waals surface area contributed by atoms with Crippen LogP contribution >= 0.6 is 0 Å². The molecule has 4 aromatic rings. The molecule has 11 nitrogen and oxygen atoms in total. The molecule has 4 heterocycles. The van der Waals surface area contributed by atoms with E-state index in [-0.39, 0.29) is 6.04 Å². The number of nitrogens with zero attached hydrogens (tertiary/aromatic N) is 6. The van der Waals surface area contributed by atoms with Gasteiger partial charge >= 0.3 is 6.03 Å². The van der Waals surface area contributed by atoms with Crippen LogP contribution in [0.25, 0.3) is 22.4 Å². The van der Waals surface area contributed by atoms with Crippen LogP contribution in [0.2, 0.25) is 0 Å². The average Bonchev–Trinajstić information content (AvgIpc) is 3.42. The minimum atomic E-state index is -0.700. The second-order valence-corrected chi connectivity index (χ2v) is 9.93. The normalized spacial score (nSPS) is 16.9. The maximum Gasteiger partial charge on any atom is 0.342 e. The van der Waals surface area contributed by atoms with Gasteiger partial charge in [-0.1, -0.05) is 30.3 Å². The lowest BCUT2D eigenvalue weighted by Crippen LogP contribution is -2.37. The Bertz CT molecular complexity index is 1410. The molecule has 2 aromatic heterocycles. The summed E-state index contributed by atoms with van der Waals surface area (Å²) in [7, 11) is 0. The Labute approximate surface area is 226 Å². The summed E-state index contributed by atoms with van der Waals surface area (Å²) < 4.78 is 7.68. The molecule has 39 heavy (non-hydrogen) atoms. The predicted octanol–water partition coefficient (Wildman–Crippen LogP) is 3.68. The van der Waals surface area contributed by atoms with Gasteiger partial charge in [0.2, 0.25) is 0 Å². The quantitative estimate of drug-likeness (QED) is 0.256. The van der Waals surface area contributed by atoms with Crippen molar-refractivity contribution in [2.24, 2.45) is 0 Å². The number of carbonyl (C=O) groups excluding carboxylic acids is 1. The van der Waals surface area contributed by atoms with Gasteiger partial charge in [-0.15, -0.1) is 0 Å². The highest BCUT2D eigenvalue weighted by atomic mass is 16.5. The molecular weight excluding hydrogens is 496 g/mol. The maximum absolute atomic E-state index is 11.4. The van der Waals surface area contributed by atoms with Crippen LogP contribution in [0, 0.1) is 0 Å². The topological polar surface area (TPSA) is 121 Å². The summed E-state index contributed by atoms with van der Waals surface area (Å²) in [4.78, 5) is 26.2. The number of nitrogens with one attached hydrogen (secondary N) is 2. The lowest BCUT2D eigenvalue weighted by Gasteiger charge is -2.32. The molecule has 2 saturated heterocycles. The third-order valence-corrected chi connectivity index (χ3v) is 7.40. The van der Waals surface area contributed by atoms with Crippen molar-refractivity contribution >= 4 is 28.6 Å². The summed E-state index contributed by atoms with van der Waals surface area (Å²) in [5, 5.41) is 17.1. The Morgan fingerprint density at radius 2 is 1.72 bits per heavy atom. The number of rotatable bonds is 6. The van der Waals surface area contributed by atoms with Crippen molar-refractivity contribution < 1.29 is 14.7 Å². The molecular formula is C28H32N8O3. The molecule has 2 aliphatic heterocycles. The van der Waals surface area contributed by atoms with E-state index in [1.165, 1.54) is 5.56 Å². The lowest BCUT2D eigenvalue weighted by atomic mass is 10.0. The number of hydrogen-bond acceptors (Lipinski definition) is 8. The summed E-state index contributed by atoms with van der Waals surface area (Å²) in [6, 6.07) is 17.4. The zero-order chi connectivity index (χ0) is 26.6. The second kappa shape index (κ2) is 11.4. The van der Waals surface area contributed by atoms with Crippen LogP contribution in [0.5, 0.6) is 0 Å². The lowest BCUT2D eigenvalue weighted by molar-refractivity contribution is 0.122. The van der Waals surface area contributed by atoms with Crippen LogP contribution in [0.3, 0.4) is 0 Å². The first-order chi connectivity index (χ1) is 19.2. The summed E-state index contributed by atoms with van der Waals surface area (Å²) in [6.07, 6.45) is 3.91. The van der Waals surface area contributed by atoms with E-state index < -0.39 is 6.03 Å². The molecule has 6 rings (SSSR count). The van der Waals surface area contributed by atoms with Crippen LogP contribution in [-0.4, -0.2) is 75.3 Å². The smallest absolute Gasteiger partial charge is 0.342 e. The number of likely N-dealkylation sites (tertiary alicyclic amines) is 1. The van der Waals surface area contributed by atoms with Crippen LogP contribution in [0.15, 0.2) is 60.8 Å². The van der Waals surface area contributed by atoms with Gasteiger partial charge in [0.1, 0.15) is 5.82 Å². The molecule has 0 spiro atoms. The van der Waals surface area contributed by atoms with E-state index in [0.717, 1.165) is 68.0 Å². The first kappa shape index (κ1) is 25.2. The molecule has 3 N–H and O–H groups in total. The highest BCUT2D eigenvalue weighted by Crippen LogP contribution is 2.32. The molecule has 0 bridgehead atoms. The SMILES string of the molecule is O=C(NO)Nc1ccc(-c2nc(N3CCOCC3)c3cnn(C4CCN(Cc5ccccc5)CC4)c3n2)cc1. The second-order valence-electron chi connectivity index (χ2n) is 9.93. The van der Waals surface area contributed by atoms with E-state index in [9.17, 15) is 4.79 Å². The fourth-order valence-corrected chi connectivity index (χ4v) is 5.35. The van der Waals surface area contributed by atoms with Crippen LogP contribution in [0.4, 0.5) is 16.3 Å². The molecule has 2 amide bonds. The number of fused-ring (bicyclic) bond motifs is 1. The van der Waals surface area contributed by atoms with Crippen molar-refractivity contribution in [3.63, 3.8) is 0 Å². The number of amides is 2. The molecule has 2 fully saturated rings. The van der Waals surface area contributed by atoms with Gasteiger partial charge in [-0.25, -0.2) is 24.9 Å². The molecule has 11 heteroatoms. The largest absolute Gasteiger partial charge is 0.378 e. The van der Waals surface area contributed by atoms with Crippen LogP contribution < -0.4 is 15.7 Å². The number of piperidine rings is 1. The number of anilines is 2. The minimum absolute atomic E-state index is 0.262. The van der Waals surface area contributed by atoms with Gasteiger partial charge in [-0.3, -0.25) is 10.1 Å². The molecule has 0 aliphatic carbocycles. The molecule has 0 saturated carbocycles. The Balaban J connectivity index is 1.29. The van der Waals surface area contributed by atoms with E-state index in [1.54, 1.807) is 17.6 Å². The number of morpholine rings is 1. The third-order valence-electron chi connectivity index (χ3n) is 7.40. The number of hydroxylamine groups is 1. The zero-order valence-electron chi connectivity index (χ0n) is 21.7. The Kier molecular flexibility index (Phi) is 7.35. The van der Waals surface area contributed by atoms with Gasteiger partial charge in [0.25, 0.3) is 0 Å². The number of ether oxygens (including phenoxy) is 1. The van der Waals surface area contributed by atoms with Crippen molar-refractivity contribution in [3.8, 4) is 11.4 Å². The minimum Gasteiger partial charge on any atom is -0.378 e. The fraction of sp³-hybridized carbons (Fsp3) is 0.357. The van der Waals surface area contributed by atoms with Crippen molar-refractivity contribution in [2.75, 3.05) is 49.6 Å². The summed E-state index contributed by atoms with van der Waals surface area (Å²) in [5.41, 5.74) is 5.12. The molecule has 0 atom stereocenters. The van der Waals surface area contributed by atoms with E-state index in [0.29, 0.717) is 24.7 Å². The van der Waals surface area contributed by atoms with Crippen molar-refractivity contribution in [3.05, 3.63) is 66.4 Å². The van der Waals surface area contributed by atoms with Crippen molar-refractivity contribution in [2.45, 2.75) is 25.4 Å². The number of hydrogen-bond donors (Lipinski definition) is 3. The Hall–Kier alpha value is -4.06. The first-order valence-electron chi connectivity index (χ1n) is 13.3. The maximum atomic E-state index is 11.4. The van der Waals surface area contributed by atoms with Gasteiger partial charge in [-0.05, 0) is 42.7 Å². The summed E-state index contributed by atoms with van der Waals surface area (Å²) >= 11 is 0. The van der Waals surface area contributed by atoms with Gasteiger partial charge in [0.15, 0.2) is 11.5 Å². The average molecular weight is 529 g/mol. The monoisotopic (exact) mass is 528 g/mol. The Morgan fingerprint density at radius 1 is 0.974 bits per heavy atom. The number of urea groups is 1. The molecule has 0 unspecified atom stereocenters. The standard InChI is InChI=1S/C28H32N8O3/c37-28(33-38)30-22-8-6-21(7-9-22)25-31-26(35-14-16-39-17-15-35)24-18-29-36(27(24)32-25)23-10-12-34(13-11-23)19-20-4-2-1-3-5-20/h1-9,18,23,38H,10-17,19H2,(H2,30,33,37). The third kappa shape index (κ3) is 5.56. The van der Waals surface area contributed by atoms with Gasteiger partial charge in [-0.2, -0.15) is 5.10 Å². The summed E-state index contributed by atoms with van der Waals surface area (Å²) in [5.74, 6) is 1.47.